The molecule has 0 fully saturated rings. The Balaban J connectivity index is 2.36. The number of benzene rings is 2. The van der Waals surface area contributed by atoms with Gasteiger partial charge in [0.1, 0.15) is 5.75 Å². The van der Waals surface area contributed by atoms with E-state index in [1.165, 1.54) is 24.3 Å². The number of nitrogens with one attached hydrogen (secondary N) is 1. The molecule has 1 N–H and O–H groups in total. The van der Waals surface area contributed by atoms with Gasteiger partial charge in [-0.1, -0.05) is 23.8 Å². The first kappa shape index (κ1) is 17.2. The van der Waals surface area contributed by atoms with E-state index in [1.807, 2.05) is 6.92 Å². The Morgan fingerprint density at radius 2 is 1.65 bits per heavy atom. The normalized spacial score (nSPS) is 11.6. The maximum absolute atomic E-state index is 12.6. The number of alkyl halides is 2. The van der Waals surface area contributed by atoms with E-state index in [4.69, 9.17) is 0 Å². The van der Waals surface area contributed by atoms with Crippen molar-refractivity contribution in [2.75, 3.05) is 4.72 Å². The average molecular weight is 341 g/mol. The quantitative estimate of drug-likeness (QED) is 0.894. The Hall–Kier alpha value is -2.15. The van der Waals surface area contributed by atoms with Crippen LogP contribution in [-0.4, -0.2) is 15.0 Å². The zero-order valence-corrected chi connectivity index (χ0v) is 13.7. The lowest BCUT2D eigenvalue weighted by Gasteiger charge is -2.14. The summed E-state index contributed by atoms with van der Waals surface area (Å²) in [6.07, 6.45) is 0. The van der Waals surface area contributed by atoms with E-state index >= 15 is 0 Å². The van der Waals surface area contributed by atoms with E-state index in [2.05, 4.69) is 9.46 Å². The third-order valence-corrected chi connectivity index (χ3v) is 4.87. The van der Waals surface area contributed by atoms with E-state index < -0.39 is 16.6 Å². The molecule has 0 unspecified atom stereocenters. The van der Waals surface area contributed by atoms with E-state index in [1.54, 1.807) is 26.0 Å². The molecule has 0 aliphatic carbocycles. The summed E-state index contributed by atoms with van der Waals surface area (Å²) < 4.78 is 56.3. The first-order chi connectivity index (χ1) is 10.7. The molecule has 0 aliphatic rings. The number of anilines is 1. The summed E-state index contributed by atoms with van der Waals surface area (Å²) in [7, 11) is -3.83. The number of halogens is 2. The minimum atomic E-state index is -3.83. The van der Waals surface area contributed by atoms with Crippen molar-refractivity contribution in [1.29, 1.82) is 0 Å². The molecule has 0 atom stereocenters. The molecular weight excluding hydrogens is 324 g/mol. The van der Waals surface area contributed by atoms with Gasteiger partial charge < -0.3 is 4.74 Å². The van der Waals surface area contributed by atoms with Gasteiger partial charge in [-0.2, -0.15) is 8.78 Å². The van der Waals surface area contributed by atoms with Crippen LogP contribution in [0.3, 0.4) is 0 Å². The molecule has 0 saturated carbocycles. The highest BCUT2D eigenvalue weighted by Gasteiger charge is 2.20. The monoisotopic (exact) mass is 341 g/mol. The van der Waals surface area contributed by atoms with Gasteiger partial charge in [0.2, 0.25) is 0 Å². The molecule has 0 heterocycles. The zero-order chi connectivity index (χ0) is 17.2. The number of rotatable bonds is 5. The van der Waals surface area contributed by atoms with Crippen LogP contribution in [0.2, 0.25) is 0 Å². The highest BCUT2D eigenvalue weighted by Crippen LogP contribution is 2.26. The van der Waals surface area contributed by atoms with Gasteiger partial charge in [0.05, 0.1) is 10.6 Å². The standard InChI is InChI=1S/C16H17F2NO3S/c1-10-7-11(2)15(12(3)8-10)23(20,21)19-13-5-4-6-14(9-13)22-16(17)18/h4-9,16,19H,1-3H3. The zero-order valence-electron chi connectivity index (χ0n) is 12.9. The number of ether oxygens (including phenoxy) is 1. The van der Waals surface area contributed by atoms with Crippen molar-refractivity contribution >= 4 is 15.7 Å². The van der Waals surface area contributed by atoms with Crippen molar-refractivity contribution in [3.63, 3.8) is 0 Å². The Kier molecular flexibility index (Phi) is 4.89. The molecule has 0 aromatic heterocycles. The Morgan fingerprint density at radius 3 is 2.22 bits per heavy atom. The third-order valence-electron chi connectivity index (χ3n) is 3.18. The topological polar surface area (TPSA) is 55.4 Å². The lowest BCUT2D eigenvalue weighted by molar-refractivity contribution is -0.0497. The lowest BCUT2D eigenvalue weighted by atomic mass is 10.1. The van der Waals surface area contributed by atoms with Gasteiger partial charge in [0.15, 0.2) is 0 Å². The van der Waals surface area contributed by atoms with Crippen LogP contribution in [0.15, 0.2) is 41.3 Å². The SMILES string of the molecule is Cc1cc(C)c(S(=O)(=O)Nc2cccc(OC(F)F)c2)c(C)c1. The molecule has 4 nitrogen and oxygen atoms in total. The predicted molar refractivity (Wildman–Crippen MR) is 84.5 cm³/mol. The first-order valence-electron chi connectivity index (χ1n) is 6.84. The molecule has 0 spiro atoms. The first-order valence-corrected chi connectivity index (χ1v) is 8.33. The van der Waals surface area contributed by atoms with E-state index in [-0.39, 0.29) is 16.3 Å². The van der Waals surface area contributed by atoms with Crippen molar-refractivity contribution in [3.05, 3.63) is 53.1 Å². The van der Waals surface area contributed by atoms with Crippen LogP contribution in [0.5, 0.6) is 5.75 Å². The molecule has 0 radical (unpaired) electrons. The van der Waals surface area contributed by atoms with Crippen LogP contribution < -0.4 is 9.46 Å². The van der Waals surface area contributed by atoms with Crippen LogP contribution in [0.4, 0.5) is 14.5 Å². The summed E-state index contributed by atoms with van der Waals surface area (Å²) in [5.41, 5.74) is 2.36. The Labute approximate surface area is 134 Å². The fraction of sp³-hybridized carbons (Fsp3) is 0.250. The summed E-state index contributed by atoms with van der Waals surface area (Å²) in [6.45, 7) is 2.34. The molecule has 0 bridgehead atoms. The van der Waals surface area contributed by atoms with Gasteiger partial charge in [0.25, 0.3) is 10.0 Å². The van der Waals surface area contributed by atoms with Crippen LogP contribution in [0.25, 0.3) is 0 Å². The molecule has 0 aliphatic heterocycles. The van der Waals surface area contributed by atoms with Gasteiger partial charge in [-0.3, -0.25) is 4.72 Å². The number of aryl methyl sites for hydroxylation is 3. The molecule has 0 saturated heterocycles. The molecule has 2 rings (SSSR count). The maximum Gasteiger partial charge on any atom is 0.387 e. The predicted octanol–water partition coefficient (Wildman–Crippen LogP) is 4.01. The Morgan fingerprint density at radius 1 is 1.04 bits per heavy atom. The van der Waals surface area contributed by atoms with E-state index in [0.717, 1.165) is 5.56 Å². The highest BCUT2D eigenvalue weighted by atomic mass is 32.2. The molecule has 0 amide bonds. The molecule has 2 aromatic carbocycles. The van der Waals surface area contributed by atoms with Gasteiger partial charge in [-0.15, -0.1) is 0 Å². The van der Waals surface area contributed by atoms with E-state index in [9.17, 15) is 17.2 Å². The molecule has 124 valence electrons. The Bertz CT molecular complexity index is 797. The maximum atomic E-state index is 12.6. The van der Waals surface area contributed by atoms with E-state index in [0.29, 0.717) is 11.1 Å². The number of hydrogen-bond donors (Lipinski definition) is 1. The summed E-state index contributed by atoms with van der Waals surface area (Å²) >= 11 is 0. The van der Waals surface area contributed by atoms with Crippen molar-refractivity contribution in [2.24, 2.45) is 0 Å². The second-order valence-corrected chi connectivity index (χ2v) is 6.86. The van der Waals surface area contributed by atoms with Gasteiger partial charge in [0, 0.05) is 6.07 Å². The fourth-order valence-electron chi connectivity index (χ4n) is 2.53. The van der Waals surface area contributed by atoms with Crippen molar-refractivity contribution in [3.8, 4) is 5.75 Å². The van der Waals surface area contributed by atoms with Gasteiger partial charge in [-0.05, 0) is 44.0 Å². The summed E-state index contributed by atoms with van der Waals surface area (Å²) in [5.74, 6) is -0.113. The van der Waals surface area contributed by atoms with Gasteiger partial charge in [-0.25, -0.2) is 8.42 Å². The van der Waals surface area contributed by atoms with Crippen molar-refractivity contribution < 1.29 is 21.9 Å². The summed E-state index contributed by atoms with van der Waals surface area (Å²) in [5, 5.41) is 0. The second-order valence-electron chi connectivity index (χ2n) is 5.24. The number of hydrogen-bond acceptors (Lipinski definition) is 3. The highest BCUT2D eigenvalue weighted by molar-refractivity contribution is 7.92. The minimum Gasteiger partial charge on any atom is -0.435 e. The molecule has 2 aromatic rings. The lowest BCUT2D eigenvalue weighted by Crippen LogP contribution is -2.16. The number of sulfonamides is 1. The van der Waals surface area contributed by atoms with Gasteiger partial charge >= 0.3 is 6.61 Å². The largest absolute Gasteiger partial charge is 0.435 e. The average Bonchev–Trinajstić information content (AvgIpc) is 2.35. The third kappa shape index (κ3) is 4.19. The van der Waals surface area contributed by atoms with Crippen LogP contribution >= 0.6 is 0 Å². The summed E-state index contributed by atoms with van der Waals surface area (Å²) in [6, 6.07) is 8.99. The molecule has 7 heteroatoms. The molecular formula is C16H17F2NO3S. The second kappa shape index (κ2) is 6.54. The molecule has 23 heavy (non-hydrogen) atoms. The minimum absolute atomic E-state index is 0.113. The van der Waals surface area contributed by atoms with Crippen LogP contribution in [-0.2, 0) is 10.0 Å². The van der Waals surface area contributed by atoms with Crippen molar-refractivity contribution in [1.82, 2.24) is 0 Å². The summed E-state index contributed by atoms with van der Waals surface area (Å²) in [4.78, 5) is 0.184. The fourth-order valence-corrected chi connectivity index (χ4v) is 4.04. The van der Waals surface area contributed by atoms with Crippen LogP contribution in [0.1, 0.15) is 16.7 Å². The van der Waals surface area contributed by atoms with Crippen LogP contribution in [0, 0.1) is 20.8 Å². The smallest absolute Gasteiger partial charge is 0.387 e. The van der Waals surface area contributed by atoms with Crippen molar-refractivity contribution in [2.45, 2.75) is 32.3 Å².